The number of carbonyl (C=O) groups excluding carboxylic acids is 1. The van der Waals surface area contributed by atoms with Gasteiger partial charge in [0.2, 0.25) is 0 Å². The second-order valence-corrected chi connectivity index (χ2v) is 6.91. The van der Waals surface area contributed by atoms with Crippen molar-refractivity contribution < 1.29 is 9.53 Å². The van der Waals surface area contributed by atoms with Gasteiger partial charge in [0.05, 0.1) is 30.6 Å². The van der Waals surface area contributed by atoms with Gasteiger partial charge in [-0.05, 0) is 38.5 Å². The number of hydrogen-bond acceptors (Lipinski definition) is 4. The number of carbonyl (C=O) groups is 1. The lowest BCUT2D eigenvalue weighted by atomic mass is 10.2. The average Bonchev–Trinajstić information content (AvgIpc) is 3.40. The molecule has 27 heavy (non-hydrogen) atoms. The van der Waals surface area contributed by atoms with Gasteiger partial charge in [0.1, 0.15) is 11.4 Å². The third-order valence-corrected chi connectivity index (χ3v) is 5.00. The molecule has 1 amide bonds. The summed E-state index contributed by atoms with van der Waals surface area (Å²) in [6.07, 6.45) is 4.29. The number of rotatable bonds is 4. The van der Waals surface area contributed by atoms with Crippen LogP contribution in [0.25, 0.3) is 5.69 Å². The highest BCUT2D eigenvalue weighted by molar-refractivity contribution is 5.94. The fraction of sp³-hybridized carbons (Fsp3) is 0.350. The van der Waals surface area contributed by atoms with E-state index in [2.05, 4.69) is 23.2 Å². The molecule has 3 aromatic rings. The summed E-state index contributed by atoms with van der Waals surface area (Å²) in [5.41, 5.74) is 3.53. The van der Waals surface area contributed by atoms with Crippen molar-refractivity contribution in [3.05, 3.63) is 59.7 Å². The summed E-state index contributed by atoms with van der Waals surface area (Å²) >= 11 is 0. The van der Waals surface area contributed by atoms with Crippen molar-refractivity contribution in [3.8, 4) is 11.4 Å². The van der Waals surface area contributed by atoms with E-state index in [1.165, 1.54) is 0 Å². The Morgan fingerprint density at radius 3 is 2.81 bits per heavy atom. The van der Waals surface area contributed by atoms with Crippen LogP contribution in [-0.4, -0.2) is 50.6 Å². The molecule has 7 nitrogen and oxygen atoms in total. The van der Waals surface area contributed by atoms with Crippen molar-refractivity contribution in [3.63, 3.8) is 0 Å². The highest BCUT2D eigenvalue weighted by atomic mass is 16.5. The molecule has 1 aliphatic heterocycles. The fourth-order valence-electron chi connectivity index (χ4n) is 3.71. The minimum Gasteiger partial charge on any atom is -0.494 e. The lowest BCUT2D eigenvalue weighted by Crippen LogP contribution is -2.29. The predicted octanol–water partition coefficient (Wildman–Crippen LogP) is 2.78. The monoisotopic (exact) mass is 365 g/mol. The maximum absolute atomic E-state index is 12.9. The topological polar surface area (TPSA) is 65.2 Å². The van der Waals surface area contributed by atoms with Crippen LogP contribution in [0.4, 0.5) is 0 Å². The summed E-state index contributed by atoms with van der Waals surface area (Å²) in [6, 6.07) is 9.91. The largest absolute Gasteiger partial charge is 0.494 e. The number of benzene rings is 1. The highest BCUT2D eigenvalue weighted by Crippen LogP contribution is 2.25. The van der Waals surface area contributed by atoms with Gasteiger partial charge >= 0.3 is 0 Å². The van der Waals surface area contributed by atoms with Crippen LogP contribution in [0.2, 0.25) is 0 Å². The molecule has 0 saturated carbocycles. The molecule has 0 spiro atoms. The molecular formula is C20H23N5O2. The van der Waals surface area contributed by atoms with Gasteiger partial charge in [0.15, 0.2) is 0 Å². The van der Waals surface area contributed by atoms with Crippen molar-refractivity contribution in [1.82, 2.24) is 24.5 Å². The van der Waals surface area contributed by atoms with E-state index in [1.807, 2.05) is 40.8 Å². The van der Waals surface area contributed by atoms with E-state index in [0.717, 1.165) is 30.0 Å². The van der Waals surface area contributed by atoms with Crippen molar-refractivity contribution in [2.24, 2.45) is 0 Å². The number of likely N-dealkylation sites (tertiary alicyclic amines) is 1. The number of methoxy groups -OCH3 is 1. The van der Waals surface area contributed by atoms with E-state index in [1.54, 1.807) is 24.2 Å². The molecule has 1 aromatic carbocycles. The maximum Gasteiger partial charge on any atom is 0.257 e. The van der Waals surface area contributed by atoms with Gasteiger partial charge in [0, 0.05) is 25.0 Å². The first kappa shape index (κ1) is 17.3. The summed E-state index contributed by atoms with van der Waals surface area (Å²) in [5, 5.41) is 8.92. The number of ether oxygens (including phenoxy) is 1. The summed E-state index contributed by atoms with van der Waals surface area (Å²) < 4.78 is 9.10. The molecule has 140 valence electrons. The second-order valence-electron chi connectivity index (χ2n) is 6.91. The first-order valence-corrected chi connectivity index (χ1v) is 9.07. The zero-order chi connectivity index (χ0) is 19.0. The van der Waals surface area contributed by atoms with E-state index in [-0.39, 0.29) is 11.9 Å². The van der Waals surface area contributed by atoms with Gasteiger partial charge in [-0.25, -0.2) is 4.68 Å². The van der Waals surface area contributed by atoms with Gasteiger partial charge in [-0.15, -0.1) is 0 Å². The van der Waals surface area contributed by atoms with Gasteiger partial charge in [0.25, 0.3) is 5.91 Å². The molecule has 1 atom stereocenters. The van der Waals surface area contributed by atoms with E-state index >= 15 is 0 Å². The fourth-order valence-corrected chi connectivity index (χ4v) is 3.71. The molecule has 4 rings (SSSR count). The standard InChI is InChI=1S/C20H23N5O2/c1-14-10-15(2)25(22-14)17-8-9-23(13-17)20(26)16-11-21-24(12-16)18-6-4-5-7-19(18)27-3/h4-7,10-12,17H,8-9,13H2,1-3H3/t17-/m0/s1. The molecule has 0 bridgehead atoms. The Kier molecular flexibility index (Phi) is 4.43. The van der Waals surface area contributed by atoms with Crippen LogP contribution in [0.5, 0.6) is 5.75 Å². The summed E-state index contributed by atoms with van der Waals surface area (Å²) in [5.74, 6) is 0.713. The zero-order valence-corrected chi connectivity index (χ0v) is 15.8. The van der Waals surface area contributed by atoms with Crippen LogP contribution in [0.3, 0.4) is 0 Å². The SMILES string of the molecule is COc1ccccc1-n1cc(C(=O)N2CC[C@H](n3nc(C)cc3C)C2)cn1. The Labute approximate surface area is 158 Å². The van der Waals surface area contributed by atoms with Crippen LogP contribution in [0.1, 0.15) is 34.2 Å². The van der Waals surface area contributed by atoms with Crippen LogP contribution >= 0.6 is 0 Å². The summed E-state index contributed by atoms with van der Waals surface area (Å²) in [6.45, 7) is 5.44. The van der Waals surface area contributed by atoms with Crippen LogP contribution in [0, 0.1) is 13.8 Å². The smallest absolute Gasteiger partial charge is 0.257 e. The Balaban J connectivity index is 1.51. The van der Waals surface area contributed by atoms with Crippen LogP contribution in [-0.2, 0) is 0 Å². The normalized spacial score (nSPS) is 16.7. The van der Waals surface area contributed by atoms with Gasteiger partial charge in [-0.2, -0.15) is 10.2 Å². The first-order chi connectivity index (χ1) is 13.1. The van der Waals surface area contributed by atoms with Gasteiger partial charge in [-0.3, -0.25) is 9.48 Å². The van der Waals surface area contributed by atoms with E-state index in [9.17, 15) is 4.79 Å². The number of nitrogens with zero attached hydrogens (tertiary/aromatic N) is 5. The molecular weight excluding hydrogens is 342 g/mol. The second kappa shape index (κ2) is 6.90. The summed E-state index contributed by atoms with van der Waals surface area (Å²) in [4.78, 5) is 14.8. The number of aryl methyl sites for hydroxylation is 2. The molecule has 1 aliphatic rings. The van der Waals surface area contributed by atoms with Crippen LogP contribution < -0.4 is 4.74 Å². The van der Waals surface area contributed by atoms with Gasteiger partial charge in [-0.1, -0.05) is 12.1 Å². The average molecular weight is 365 g/mol. The maximum atomic E-state index is 12.9. The molecule has 1 saturated heterocycles. The zero-order valence-electron chi connectivity index (χ0n) is 15.8. The van der Waals surface area contributed by atoms with Crippen molar-refractivity contribution >= 4 is 5.91 Å². The molecule has 1 fully saturated rings. The quantitative estimate of drug-likeness (QED) is 0.713. The molecule has 0 N–H and O–H groups in total. The molecule has 7 heteroatoms. The summed E-state index contributed by atoms with van der Waals surface area (Å²) in [7, 11) is 1.62. The molecule has 2 aromatic heterocycles. The lowest BCUT2D eigenvalue weighted by molar-refractivity contribution is 0.0787. The van der Waals surface area contributed by atoms with Gasteiger partial charge < -0.3 is 9.64 Å². The Morgan fingerprint density at radius 2 is 2.07 bits per heavy atom. The molecule has 0 aliphatic carbocycles. The number of amides is 1. The van der Waals surface area contributed by atoms with Crippen molar-refractivity contribution in [2.75, 3.05) is 20.2 Å². The predicted molar refractivity (Wildman–Crippen MR) is 101 cm³/mol. The lowest BCUT2D eigenvalue weighted by Gasteiger charge is -2.16. The molecule has 0 radical (unpaired) electrons. The van der Waals surface area contributed by atoms with Crippen molar-refractivity contribution in [2.45, 2.75) is 26.3 Å². The minimum absolute atomic E-state index is 0.000166. The minimum atomic E-state index is 0.000166. The molecule has 3 heterocycles. The highest BCUT2D eigenvalue weighted by Gasteiger charge is 2.30. The van der Waals surface area contributed by atoms with E-state index in [4.69, 9.17) is 4.74 Å². The third-order valence-electron chi connectivity index (χ3n) is 5.00. The number of aromatic nitrogens is 4. The van der Waals surface area contributed by atoms with E-state index < -0.39 is 0 Å². The third kappa shape index (κ3) is 3.20. The Morgan fingerprint density at radius 1 is 1.26 bits per heavy atom. The first-order valence-electron chi connectivity index (χ1n) is 9.07. The number of hydrogen-bond donors (Lipinski definition) is 0. The van der Waals surface area contributed by atoms with Crippen LogP contribution in [0.15, 0.2) is 42.7 Å². The number of para-hydroxylation sites is 2. The Bertz CT molecular complexity index is 974. The van der Waals surface area contributed by atoms with E-state index in [0.29, 0.717) is 17.9 Å². The molecule has 0 unspecified atom stereocenters. The van der Waals surface area contributed by atoms with Crippen molar-refractivity contribution in [1.29, 1.82) is 0 Å². The Hall–Kier alpha value is -3.09.